The molecule has 2 N–H and O–H groups in total. The summed E-state index contributed by atoms with van der Waals surface area (Å²) in [6.45, 7) is 1.94. The van der Waals surface area contributed by atoms with Crippen LogP contribution in [0, 0.1) is 0 Å². The summed E-state index contributed by atoms with van der Waals surface area (Å²) in [6, 6.07) is 0. The quantitative estimate of drug-likeness (QED) is 0.724. The molecule has 6 heteroatoms. The minimum atomic E-state index is -3.01. The Morgan fingerprint density at radius 1 is 1.20 bits per heavy atom. The van der Waals surface area contributed by atoms with Gasteiger partial charge < -0.3 is 5.73 Å². The van der Waals surface area contributed by atoms with Gasteiger partial charge in [0.15, 0.2) is 0 Å². The van der Waals surface area contributed by atoms with Crippen molar-refractivity contribution in [3.8, 4) is 0 Å². The van der Waals surface area contributed by atoms with E-state index in [-0.39, 0.29) is 5.75 Å². The Balaban J connectivity index is 2.43. The van der Waals surface area contributed by atoms with Gasteiger partial charge in [0.1, 0.15) is 0 Å². The molecule has 1 aliphatic rings. The molecular formula is C9H20N2O2S2. The van der Waals surface area contributed by atoms with Crippen LogP contribution in [0.15, 0.2) is 0 Å². The summed E-state index contributed by atoms with van der Waals surface area (Å²) in [6.07, 6.45) is 2.45. The predicted octanol–water partition coefficient (Wildman–Crippen LogP) is 0.494. The molecule has 0 saturated carbocycles. The van der Waals surface area contributed by atoms with Gasteiger partial charge in [-0.2, -0.15) is 11.8 Å². The van der Waals surface area contributed by atoms with Crippen molar-refractivity contribution in [1.82, 2.24) is 4.31 Å². The lowest BCUT2D eigenvalue weighted by Gasteiger charge is -2.19. The first kappa shape index (κ1) is 13.3. The van der Waals surface area contributed by atoms with E-state index in [1.54, 1.807) is 4.31 Å². The first-order valence-electron chi connectivity index (χ1n) is 5.42. The van der Waals surface area contributed by atoms with Crippen LogP contribution in [0.1, 0.15) is 19.3 Å². The minimum Gasteiger partial charge on any atom is -0.330 e. The third-order valence-electron chi connectivity index (χ3n) is 2.43. The van der Waals surface area contributed by atoms with Gasteiger partial charge >= 0.3 is 0 Å². The van der Waals surface area contributed by atoms with E-state index in [1.807, 2.05) is 11.8 Å². The fraction of sp³-hybridized carbons (Fsp3) is 1.00. The Morgan fingerprint density at radius 2 is 2.00 bits per heavy atom. The average molecular weight is 252 g/mol. The molecule has 0 amide bonds. The first-order chi connectivity index (χ1) is 7.17. The third-order valence-corrected chi connectivity index (χ3v) is 5.44. The Bertz CT molecular complexity index is 259. The molecule has 0 radical (unpaired) electrons. The molecule has 1 aliphatic heterocycles. The second-order valence-electron chi connectivity index (χ2n) is 3.68. The van der Waals surface area contributed by atoms with Crippen LogP contribution in [0.25, 0.3) is 0 Å². The molecule has 1 rings (SSSR count). The summed E-state index contributed by atoms with van der Waals surface area (Å²) in [7, 11) is -3.01. The van der Waals surface area contributed by atoms with Crippen molar-refractivity contribution in [1.29, 1.82) is 0 Å². The fourth-order valence-electron chi connectivity index (χ4n) is 1.56. The predicted molar refractivity (Wildman–Crippen MR) is 65.6 cm³/mol. The maximum absolute atomic E-state index is 11.9. The van der Waals surface area contributed by atoms with Crippen molar-refractivity contribution in [2.24, 2.45) is 5.73 Å². The Labute approximate surface area is 96.6 Å². The van der Waals surface area contributed by atoms with Gasteiger partial charge in [-0.25, -0.2) is 12.7 Å². The monoisotopic (exact) mass is 252 g/mol. The van der Waals surface area contributed by atoms with E-state index in [9.17, 15) is 8.42 Å². The van der Waals surface area contributed by atoms with Crippen LogP contribution < -0.4 is 5.73 Å². The van der Waals surface area contributed by atoms with Crippen LogP contribution in [0.3, 0.4) is 0 Å². The largest absolute Gasteiger partial charge is 0.330 e. The zero-order valence-electron chi connectivity index (χ0n) is 9.02. The Morgan fingerprint density at radius 3 is 2.73 bits per heavy atom. The molecular weight excluding hydrogens is 232 g/mol. The molecule has 0 spiro atoms. The maximum atomic E-state index is 11.9. The van der Waals surface area contributed by atoms with Gasteiger partial charge in [-0.1, -0.05) is 0 Å². The van der Waals surface area contributed by atoms with Gasteiger partial charge in [-0.05, 0) is 31.6 Å². The number of unbranched alkanes of at least 4 members (excludes halogenated alkanes) is 1. The molecule has 0 aliphatic carbocycles. The lowest BCUT2D eigenvalue weighted by molar-refractivity contribution is 0.433. The molecule has 1 saturated heterocycles. The molecule has 1 fully saturated rings. The van der Waals surface area contributed by atoms with Crippen molar-refractivity contribution in [2.45, 2.75) is 19.3 Å². The summed E-state index contributed by atoms with van der Waals surface area (Å²) in [4.78, 5) is 0. The van der Waals surface area contributed by atoms with Crippen molar-refractivity contribution in [2.75, 3.05) is 36.9 Å². The molecule has 90 valence electrons. The topological polar surface area (TPSA) is 63.4 Å². The number of hydrogen-bond donors (Lipinski definition) is 1. The number of hydrogen-bond acceptors (Lipinski definition) is 4. The lowest BCUT2D eigenvalue weighted by atomic mass is 10.3. The highest BCUT2D eigenvalue weighted by Crippen LogP contribution is 2.14. The molecule has 0 aromatic carbocycles. The normalized spacial score (nSPS) is 20.1. The van der Waals surface area contributed by atoms with Crippen LogP contribution in [0.4, 0.5) is 0 Å². The molecule has 4 nitrogen and oxygen atoms in total. The van der Waals surface area contributed by atoms with Crippen molar-refractivity contribution < 1.29 is 8.42 Å². The van der Waals surface area contributed by atoms with E-state index in [2.05, 4.69) is 0 Å². The smallest absolute Gasteiger partial charge is 0.214 e. The number of rotatable bonds is 5. The van der Waals surface area contributed by atoms with E-state index >= 15 is 0 Å². The highest BCUT2D eigenvalue weighted by molar-refractivity contribution is 7.99. The summed E-state index contributed by atoms with van der Waals surface area (Å²) < 4.78 is 25.4. The Hall–Kier alpha value is 0.220. The summed E-state index contributed by atoms with van der Waals surface area (Å²) in [5.41, 5.74) is 5.35. The van der Waals surface area contributed by atoms with Crippen LogP contribution in [0.5, 0.6) is 0 Å². The van der Waals surface area contributed by atoms with Crippen molar-refractivity contribution >= 4 is 21.8 Å². The van der Waals surface area contributed by atoms with Crippen LogP contribution in [0.2, 0.25) is 0 Å². The third kappa shape index (κ3) is 4.72. The highest BCUT2D eigenvalue weighted by Gasteiger charge is 2.22. The van der Waals surface area contributed by atoms with Gasteiger partial charge in [0, 0.05) is 18.8 Å². The fourth-order valence-corrected chi connectivity index (χ4v) is 4.17. The Kier molecular flexibility index (Phi) is 5.96. The second kappa shape index (κ2) is 6.73. The standard InChI is InChI=1S/C9H20N2O2S2/c10-4-1-2-9-15(12,13)11-5-3-7-14-8-6-11/h1-10H2. The molecule has 0 atom stereocenters. The maximum Gasteiger partial charge on any atom is 0.214 e. The molecule has 0 bridgehead atoms. The second-order valence-corrected chi connectivity index (χ2v) is 6.99. The van der Waals surface area contributed by atoms with E-state index in [0.717, 1.165) is 24.3 Å². The van der Waals surface area contributed by atoms with Crippen LogP contribution >= 0.6 is 11.8 Å². The van der Waals surface area contributed by atoms with Crippen molar-refractivity contribution in [3.05, 3.63) is 0 Å². The molecule has 1 heterocycles. The van der Waals surface area contributed by atoms with Gasteiger partial charge in [-0.3, -0.25) is 0 Å². The molecule has 15 heavy (non-hydrogen) atoms. The van der Waals surface area contributed by atoms with E-state index in [4.69, 9.17) is 5.73 Å². The number of sulfonamides is 1. The SMILES string of the molecule is NCCCCS(=O)(=O)N1CCCSCC1. The zero-order chi connectivity index (χ0) is 11.1. The molecule has 0 unspecified atom stereocenters. The summed E-state index contributed by atoms with van der Waals surface area (Å²) >= 11 is 1.84. The number of nitrogens with zero attached hydrogens (tertiary/aromatic N) is 1. The summed E-state index contributed by atoms with van der Waals surface area (Å²) in [5.74, 6) is 2.26. The molecule has 0 aromatic heterocycles. The highest BCUT2D eigenvalue weighted by atomic mass is 32.2. The van der Waals surface area contributed by atoms with Gasteiger partial charge in [0.2, 0.25) is 10.0 Å². The summed E-state index contributed by atoms with van der Waals surface area (Å²) in [5, 5.41) is 0. The lowest BCUT2D eigenvalue weighted by Crippen LogP contribution is -2.34. The average Bonchev–Trinajstić information content (AvgIpc) is 2.46. The first-order valence-corrected chi connectivity index (χ1v) is 8.19. The van der Waals surface area contributed by atoms with Crippen LogP contribution in [-0.4, -0.2) is 49.6 Å². The molecule has 0 aromatic rings. The number of thioether (sulfide) groups is 1. The zero-order valence-corrected chi connectivity index (χ0v) is 10.7. The van der Waals surface area contributed by atoms with Gasteiger partial charge in [0.25, 0.3) is 0 Å². The van der Waals surface area contributed by atoms with E-state index in [1.165, 1.54) is 0 Å². The van der Waals surface area contributed by atoms with E-state index in [0.29, 0.717) is 26.1 Å². The van der Waals surface area contributed by atoms with Gasteiger partial charge in [-0.15, -0.1) is 0 Å². The van der Waals surface area contributed by atoms with Gasteiger partial charge in [0.05, 0.1) is 5.75 Å². The number of nitrogens with two attached hydrogens (primary N) is 1. The minimum absolute atomic E-state index is 0.259. The van der Waals surface area contributed by atoms with Crippen LogP contribution in [-0.2, 0) is 10.0 Å². The van der Waals surface area contributed by atoms with E-state index < -0.39 is 10.0 Å². The van der Waals surface area contributed by atoms with Crippen molar-refractivity contribution in [3.63, 3.8) is 0 Å².